The summed E-state index contributed by atoms with van der Waals surface area (Å²) in [4.78, 5) is 12.0. The Morgan fingerprint density at radius 3 is 2.55 bits per heavy atom. The molecule has 0 atom stereocenters. The minimum atomic E-state index is -0.185. The van der Waals surface area contributed by atoms with Crippen molar-refractivity contribution in [3.05, 3.63) is 56.0 Å². The van der Waals surface area contributed by atoms with Crippen LogP contribution in [0, 0.1) is 20.8 Å². The van der Waals surface area contributed by atoms with Crippen molar-refractivity contribution in [1.82, 2.24) is 0 Å². The lowest BCUT2D eigenvalue weighted by Gasteiger charge is -2.14. The summed E-state index contributed by atoms with van der Waals surface area (Å²) in [6, 6.07) is 9.40. The molecule has 0 bridgehead atoms. The summed E-state index contributed by atoms with van der Waals surface area (Å²) in [5, 5.41) is 2.81. The Morgan fingerprint density at radius 2 is 1.86 bits per heavy atom. The summed E-state index contributed by atoms with van der Waals surface area (Å²) in [5.41, 5.74) is 3.99. The molecule has 22 heavy (non-hydrogen) atoms. The van der Waals surface area contributed by atoms with E-state index in [4.69, 9.17) is 4.74 Å². The number of hydrogen-bond acceptors (Lipinski definition) is 2. The third kappa shape index (κ3) is 4.11. The Kier molecular flexibility index (Phi) is 5.64. The molecule has 5 heteroatoms. The van der Waals surface area contributed by atoms with E-state index in [2.05, 4.69) is 37.2 Å². The van der Waals surface area contributed by atoms with Crippen molar-refractivity contribution in [2.24, 2.45) is 0 Å². The van der Waals surface area contributed by atoms with Crippen LogP contribution in [0.15, 0.2) is 39.3 Å². The summed E-state index contributed by atoms with van der Waals surface area (Å²) in [5.74, 6) is 0.554. The number of benzene rings is 2. The van der Waals surface area contributed by atoms with Gasteiger partial charge in [0, 0.05) is 14.6 Å². The van der Waals surface area contributed by atoms with Gasteiger partial charge in [-0.1, -0.05) is 37.9 Å². The van der Waals surface area contributed by atoms with Crippen molar-refractivity contribution in [3.8, 4) is 5.75 Å². The van der Waals surface area contributed by atoms with Crippen LogP contribution in [-0.2, 0) is 4.79 Å². The Morgan fingerprint density at radius 1 is 1.14 bits per heavy atom. The highest BCUT2D eigenvalue weighted by Crippen LogP contribution is 2.31. The van der Waals surface area contributed by atoms with Crippen molar-refractivity contribution >= 4 is 43.5 Å². The third-order valence-electron chi connectivity index (χ3n) is 3.42. The van der Waals surface area contributed by atoms with Crippen LogP contribution in [0.4, 0.5) is 5.69 Å². The Labute approximate surface area is 147 Å². The average Bonchev–Trinajstić information content (AvgIpc) is 2.47. The maximum Gasteiger partial charge on any atom is 0.262 e. The predicted molar refractivity (Wildman–Crippen MR) is 96.6 cm³/mol. The third-order valence-corrected chi connectivity index (χ3v) is 5.14. The molecule has 0 spiro atoms. The molecule has 0 radical (unpaired) electrons. The van der Waals surface area contributed by atoms with Crippen molar-refractivity contribution in [2.75, 3.05) is 11.9 Å². The minimum absolute atomic E-state index is 0.0200. The van der Waals surface area contributed by atoms with Gasteiger partial charge in [-0.05, 0) is 61.7 Å². The molecular formula is C17H17Br2NO2. The minimum Gasteiger partial charge on any atom is -0.483 e. The van der Waals surface area contributed by atoms with Gasteiger partial charge in [0.25, 0.3) is 5.91 Å². The fourth-order valence-corrected chi connectivity index (χ4v) is 2.88. The van der Waals surface area contributed by atoms with Gasteiger partial charge in [0.05, 0.1) is 0 Å². The maximum absolute atomic E-state index is 12.0. The zero-order valence-electron chi connectivity index (χ0n) is 12.7. The molecule has 1 amide bonds. The first-order valence-corrected chi connectivity index (χ1v) is 8.41. The first kappa shape index (κ1) is 17.0. The van der Waals surface area contributed by atoms with Crippen LogP contribution in [-0.4, -0.2) is 12.5 Å². The highest BCUT2D eigenvalue weighted by molar-refractivity contribution is 9.10. The molecule has 2 rings (SSSR count). The zero-order chi connectivity index (χ0) is 16.3. The first-order chi connectivity index (χ1) is 10.4. The normalized spacial score (nSPS) is 10.4. The summed E-state index contributed by atoms with van der Waals surface area (Å²) in [7, 11) is 0. The molecule has 0 saturated carbocycles. The molecule has 3 nitrogen and oxygen atoms in total. The van der Waals surface area contributed by atoms with Gasteiger partial charge < -0.3 is 10.1 Å². The Balaban J connectivity index is 2.03. The molecule has 0 unspecified atom stereocenters. The molecule has 116 valence electrons. The molecule has 0 aliphatic rings. The SMILES string of the molecule is Cc1cc(OCC(=O)Nc2cccc(Br)c2)c(C)c(C)c1Br. The van der Waals surface area contributed by atoms with Gasteiger partial charge in [-0.3, -0.25) is 4.79 Å². The molecule has 0 aliphatic carbocycles. The van der Waals surface area contributed by atoms with E-state index >= 15 is 0 Å². The average molecular weight is 427 g/mol. The van der Waals surface area contributed by atoms with Crippen LogP contribution in [0.25, 0.3) is 0 Å². The molecule has 1 N–H and O–H groups in total. The monoisotopic (exact) mass is 425 g/mol. The van der Waals surface area contributed by atoms with Gasteiger partial charge in [0.15, 0.2) is 6.61 Å². The summed E-state index contributed by atoms with van der Waals surface area (Å²) in [6.45, 7) is 6.00. The lowest BCUT2D eigenvalue weighted by molar-refractivity contribution is -0.118. The van der Waals surface area contributed by atoms with Crippen LogP contribution < -0.4 is 10.1 Å². The van der Waals surface area contributed by atoms with Gasteiger partial charge in [0.1, 0.15) is 5.75 Å². The fraction of sp³-hybridized carbons (Fsp3) is 0.235. The highest BCUT2D eigenvalue weighted by atomic mass is 79.9. The molecule has 0 heterocycles. The zero-order valence-corrected chi connectivity index (χ0v) is 15.8. The summed E-state index contributed by atoms with van der Waals surface area (Å²) >= 11 is 6.93. The van der Waals surface area contributed by atoms with Crippen LogP contribution >= 0.6 is 31.9 Å². The van der Waals surface area contributed by atoms with E-state index in [1.807, 2.05) is 51.1 Å². The van der Waals surface area contributed by atoms with Crippen molar-refractivity contribution in [1.29, 1.82) is 0 Å². The van der Waals surface area contributed by atoms with Crippen molar-refractivity contribution < 1.29 is 9.53 Å². The largest absolute Gasteiger partial charge is 0.483 e. The van der Waals surface area contributed by atoms with E-state index in [1.54, 1.807) is 0 Å². The number of aryl methyl sites for hydroxylation is 1. The summed E-state index contributed by atoms with van der Waals surface area (Å²) in [6.07, 6.45) is 0. The van der Waals surface area contributed by atoms with Gasteiger partial charge in [0.2, 0.25) is 0 Å². The Hall–Kier alpha value is -1.33. The van der Waals surface area contributed by atoms with E-state index in [1.165, 1.54) is 0 Å². The van der Waals surface area contributed by atoms with Gasteiger partial charge in [-0.15, -0.1) is 0 Å². The van der Waals surface area contributed by atoms with Gasteiger partial charge in [-0.25, -0.2) is 0 Å². The van der Waals surface area contributed by atoms with Gasteiger partial charge in [-0.2, -0.15) is 0 Å². The molecule has 0 saturated heterocycles. The topological polar surface area (TPSA) is 38.3 Å². The number of carbonyl (C=O) groups excluding carboxylic acids is 1. The number of nitrogens with one attached hydrogen (secondary N) is 1. The smallest absolute Gasteiger partial charge is 0.262 e. The van der Waals surface area contributed by atoms with Crippen molar-refractivity contribution in [2.45, 2.75) is 20.8 Å². The second-order valence-corrected chi connectivity index (χ2v) is 6.81. The number of hydrogen-bond donors (Lipinski definition) is 1. The van der Waals surface area contributed by atoms with Crippen molar-refractivity contribution in [3.63, 3.8) is 0 Å². The highest BCUT2D eigenvalue weighted by Gasteiger charge is 2.11. The second kappa shape index (κ2) is 7.29. The number of carbonyl (C=O) groups is 1. The quantitative estimate of drug-likeness (QED) is 0.733. The molecular weight excluding hydrogens is 410 g/mol. The molecule has 0 aromatic heterocycles. The number of rotatable bonds is 4. The Bertz CT molecular complexity index is 714. The number of ether oxygens (including phenoxy) is 1. The lowest BCUT2D eigenvalue weighted by atomic mass is 10.1. The van der Waals surface area contributed by atoms with Crippen LogP contribution in [0.2, 0.25) is 0 Å². The number of amides is 1. The first-order valence-electron chi connectivity index (χ1n) is 6.83. The number of halogens is 2. The van der Waals surface area contributed by atoms with E-state index in [-0.39, 0.29) is 12.5 Å². The molecule has 2 aromatic rings. The van der Waals surface area contributed by atoms with Gasteiger partial charge >= 0.3 is 0 Å². The maximum atomic E-state index is 12.0. The number of anilines is 1. The predicted octanol–water partition coefficient (Wildman–Crippen LogP) is 5.15. The molecule has 2 aromatic carbocycles. The standard InChI is InChI=1S/C17H17Br2NO2/c1-10-7-15(11(2)12(3)17(10)19)22-9-16(21)20-14-6-4-5-13(18)8-14/h4-8H,9H2,1-3H3,(H,20,21). The fourth-order valence-electron chi connectivity index (χ4n) is 2.07. The molecule has 0 fully saturated rings. The van der Waals surface area contributed by atoms with E-state index < -0.39 is 0 Å². The van der Waals surface area contributed by atoms with E-state index in [9.17, 15) is 4.79 Å². The second-order valence-electron chi connectivity index (χ2n) is 5.10. The lowest BCUT2D eigenvalue weighted by Crippen LogP contribution is -2.20. The van der Waals surface area contributed by atoms with E-state index in [0.717, 1.165) is 37.1 Å². The van der Waals surface area contributed by atoms with Crippen LogP contribution in [0.3, 0.4) is 0 Å². The van der Waals surface area contributed by atoms with Crippen LogP contribution in [0.5, 0.6) is 5.75 Å². The molecule has 0 aliphatic heterocycles. The van der Waals surface area contributed by atoms with Crippen LogP contribution in [0.1, 0.15) is 16.7 Å². The summed E-state index contributed by atoms with van der Waals surface area (Å²) < 4.78 is 7.67. The van der Waals surface area contributed by atoms with E-state index in [0.29, 0.717) is 0 Å².